The Labute approximate surface area is 160 Å². The molecular formula is C21H16IN3. The van der Waals surface area contributed by atoms with Crippen LogP contribution in [0.2, 0.25) is 0 Å². The van der Waals surface area contributed by atoms with Crippen LogP contribution in [0.25, 0.3) is 28.2 Å². The van der Waals surface area contributed by atoms with Gasteiger partial charge in [-0.25, -0.2) is 0 Å². The molecule has 0 radical (unpaired) electrons. The van der Waals surface area contributed by atoms with E-state index in [0.29, 0.717) is 0 Å². The van der Waals surface area contributed by atoms with E-state index in [1.165, 1.54) is 14.7 Å². The minimum Gasteiger partial charge on any atom is -0.278 e. The monoisotopic (exact) mass is 437 g/mol. The topological polar surface area (TPSA) is 30.7 Å². The second-order valence-electron chi connectivity index (χ2n) is 5.80. The number of aryl methyl sites for hydroxylation is 1. The first-order valence-electron chi connectivity index (χ1n) is 8.07. The zero-order chi connectivity index (χ0) is 17.2. The molecule has 0 aliphatic carbocycles. The number of hydrogen-bond donors (Lipinski definition) is 0. The molecule has 122 valence electrons. The fourth-order valence-corrected chi connectivity index (χ4v) is 3.54. The van der Waals surface area contributed by atoms with Crippen molar-refractivity contribution >= 4 is 22.6 Å². The summed E-state index contributed by atoms with van der Waals surface area (Å²) in [6, 6.07) is 27.1. The molecule has 0 unspecified atom stereocenters. The van der Waals surface area contributed by atoms with Crippen molar-refractivity contribution in [1.82, 2.24) is 14.8 Å². The number of hydrogen-bond acceptors (Lipinski definition) is 2. The summed E-state index contributed by atoms with van der Waals surface area (Å²) in [4.78, 5) is 0. The molecule has 4 aromatic rings. The number of benzene rings is 3. The first-order valence-corrected chi connectivity index (χ1v) is 9.15. The Balaban J connectivity index is 1.78. The van der Waals surface area contributed by atoms with Crippen molar-refractivity contribution in [3.8, 4) is 28.2 Å². The molecule has 4 heteroatoms. The third-order valence-electron chi connectivity index (χ3n) is 4.17. The minimum atomic E-state index is 0.862. The number of aromatic nitrogens is 3. The summed E-state index contributed by atoms with van der Waals surface area (Å²) in [6.07, 6.45) is 0. The van der Waals surface area contributed by atoms with Crippen molar-refractivity contribution in [1.29, 1.82) is 0 Å². The maximum absolute atomic E-state index is 4.42. The van der Waals surface area contributed by atoms with E-state index in [-0.39, 0.29) is 0 Å². The van der Waals surface area contributed by atoms with E-state index in [1.54, 1.807) is 0 Å². The van der Waals surface area contributed by atoms with Crippen LogP contribution < -0.4 is 0 Å². The van der Waals surface area contributed by atoms with Gasteiger partial charge in [0.05, 0.1) is 5.69 Å². The van der Waals surface area contributed by atoms with Crippen LogP contribution in [0.15, 0.2) is 78.9 Å². The Morgan fingerprint density at radius 2 is 1.28 bits per heavy atom. The first kappa shape index (κ1) is 16.0. The molecular weight excluding hydrogens is 421 g/mol. The van der Waals surface area contributed by atoms with Crippen molar-refractivity contribution in [2.24, 2.45) is 0 Å². The fourth-order valence-electron chi connectivity index (χ4n) is 2.91. The summed E-state index contributed by atoms with van der Waals surface area (Å²) >= 11 is 2.35. The molecule has 3 aromatic carbocycles. The van der Waals surface area contributed by atoms with Crippen LogP contribution in [0.4, 0.5) is 0 Å². The Hall–Kier alpha value is -2.47. The number of rotatable bonds is 3. The van der Waals surface area contributed by atoms with E-state index >= 15 is 0 Å². The maximum Gasteiger partial charge on any atom is 0.168 e. The summed E-state index contributed by atoms with van der Waals surface area (Å²) in [5.74, 6) is 1.74. The van der Waals surface area contributed by atoms with Gasteiger partial charge in [0, 0.05) is 9.13 Å². The quantitative estimate of drug-likeness (QED) is 0.396. The molecule has 4 rings (SSSR count). The Morgan fingerprint density at radius 3 is 2.00 bits per heavy atom. The van der Waals surface area contributed by atoms with Crippen molar-refractivity contribution in [2.75, 3.05) is 0 Å². The molecule has 0 aliphatic heterocycles. The Kier molecular flexibility index (Phi) is 4.36. The lowest BCUT2D eigenvalue weighted by Gasteiger charge is -2.11. The third kappa shape index (κ3) is 3.09. The van der Waals surface area contributed by atoms with E-state index in [9.17, 15) is 0 Å². The van der Waals surface area contributed by atoms with Crippen LogP contribution in [0, 0.1) is 10.5 Å². The van der Waals surface area contributed by atoms with E-state index in [2.05, 4.69) is 98.0 Å². The summed E-state index contributed by atoms with van der Waals surface area (Å²) in [6.45, 7) is 1.98. The van der Waals surface area contributed by atoms with Gasteiger partial charge >= 0.3 is 0 Å². The largest absolute Gasteiger partial charge is 0.278 e. The Morgan fingerprint density at radius 1 is 0.680 bits per heavy atom. The van der Waals surface area contributed by atoms with Crippen molar-refractivity contribution < 1.29 is 0 Å². The van der Waals surface area contributed by atoms with Gasteiger partial charge in [-0.1, -0.05) is 66.7 Å². The third-order valence-corrected chi connectivity index (χ3v) is 5.08. The van der Waals surface area contributed by atoms with Gasteiger partial charge in [-0.3, -0.25) is 4.57 Å². The van der Waals surface area contributed by atoms with Gasteiger partial charge in [-0.05, 0) is 52.8 Å². The average molecular weight is 437 g/mol. The van der Waals surface area contributed by atoms with Crippen molar-refractivity contribution in [3.05, 3.63) is 88.3 Å². The molecule has 0 saturated heterocycles. The highest BCUT2D eigenvalue weighted by Crippen LogP contribution is 2.27. The van der Waals surface area contributed by atoms with Gasteiger partial charge < -0.3 is 0 Å². The first-order chi connectivity index (χ1) is 12.2. The van der Waals surface area contributed by atoms with Crippen LogP contribution >= 0.6 is 22.6 Å². The summed E-state index contributed by atoms with van der Waals surface area (Å²) in [5.41, 5.74) is 4.57. The van der Waals surface area contributed by atoms with Gasteiger partial charge in [0.1, 0.15) is 5.82 Å². The van der Waals surface area contributed by atoms with Crippen LogP contribution in [0.3, 0.4) is 0 Å². The van der Waals surface area contributed by atoms with E-state index in [4.69, 9.17) is 0 Å². The number of nitrogens with zero attached hydrogens (tertiary/aromatic N) is 3. The van der Waals surface area contributed by atoms with Gasteiger partial charge in [0.25, 0.3) is 0 Å². The average Bonchev–Trinajstić information content (AvgIpc) is 3.04. The van der Waals surface area contributed by atoms with E-state index in [1.807, 2.05) is 25.1 Å². The SMILES string of the molecule is Cc1nnc(-c2ccc(-c3ccccc3)cc2)n1-c1ccccc1I. The lowest BCUT2D eigenvalue weighted by atomic mass is 10.0. The standard InChI is InChI=1S/C21H16IN3/c1-15-23-24-21(25(15)20-10-6-5-9-19(20)22)18-13-11-17(12-14-18)16-7-3-2-4-8-16/h2-14H,1H3. The van der Waals surface area contributed by atoms with E-state index in [0.717, 1.165) is 22.9 Å². The van der Waals surface area contributed by atoms with Crippen LogP contribution in [0.1, 0.15) is 5.82 Å². The van der Waals surface area contributed by atoms with Gasteiger partial charge in [0.2, 0.25) is 0 Å². The summed E-state index contributed by atoms with van der Waals surface area (Å²) < 4.78 is 3.28. The van der Waals surface area contributed by atoms with Gasteiger partial charge in [-0.15, -0.1) is 10.2 Å². The highest BCUT2D eigenvalue weighted by molar-refractivity contribution is 14.1. The molecule has 3 nitrogen and oxygen atoms in total. The normalized spacial score (nSPS) is 10.8. The molecule has 0 aliphatic rings. The van der Waals surface area contributed by atoms with Crippen molar-refractivity contribution in [2.45, 2.75) is 6.92 Å². The molecule has 0 spiro atoms. The predicted octanol–water partition coefficient (Wildman–Crippen LogP) is 5.51. The molecule has 25 heavy (non-hydrogen) atoms. The highest BCUT2D eigenvalue weighted by Gasteiger charge is 2.14. The molecule has 1 heterocycles. The van der Waals surface area contributed by atoms with Gasteiger partial charge in [-0.2, -0.15) is 0 Å². The van der Waals surface area contributed by atoms with Crippen LogP contribution in [-0.4, -0.2) is 14.8 Å². The maximum atomic E-state index is 4.42. The molecule has 0 atom stereocenters. The second-order valence-corrected chi connectivity index (χ2v) is 6.96. The van der Waals surface area contributed by atoms with Crippen LogP contribution in [-0.2, 0) is 0 Å². The molecule has 1 aromatic heterocycles. The van der Waals surface area contributed by atoms with E-state index < -0.39 is 0 Å². The predicted molar refractivity (Wildman–Crippen MR) is 110 cm³/mol. The highest BCUT2D eigenvalue weighted by atomic mass is 127. The second kappa shape index (κ2) is 6.80. The number of para-hydroxylation sites is 1. The molecule has 0 saturated carbocycles. The van der Waals surface area contributed by atoms with Crippen molar-refractivity contribution in [3.63, 3.8) is 0 Å². The van der Waals surface area contributed by atoms with Crippen LogP contribution in [0.5, 0.6) is 0 Å². The molecule has 0 fully saturated rings. The molecule has 0 bridgehead atoms. The molecule has 0 amide bonds. The minimum absolute atomic E-state index is 0.862. The lowest BCUT2D eigenvalue weighted by molar-refractivity contribution is 0.967. The summed E-state index contributed by atoms with van der Waals surface area (Å²) in [5, 5.41) is 8.72. The summed E-state index contributed by atoms with van der Waals surface area (Å²) in [7, 11) is 0. The zero-order valence-electron chi connectivity index (χ0n) is 13.7. The fraction of sp³-hybridized carbons (Fsp3) is 0.0476. The molecule has 0 N–H and O–H groups in total. The van der Waals surface area contributed by atoms with Gasteiger partial charge in [0.15, 0.2) is 5.82 Å². The lowest BCUT2D eigenvalue weighted by Crippen LogP contribution is -2.02. The Bertz CT molecular complexity index is 1010. The smallest absolute Gasteiger partial charge is 0.168 e. The zero-order valence-corrected chi connectivity index (χ0v) is 15.9. The number of halogens is 1.